The summed E-state index contributed by atoms with van der Waals surface area (Å²) in [6.07, 6.45) is -5.08. The monoisotopic (exact) mass is 572 g/mol. The second kappa shape index (κ2) is 12.7. The number of carboxylic acid groups (broad SMARTS) is 2. The fourth-order valence-electron chi connectivity index (χ4n) is 3.31. The first-order valence-electron chi connectivity index (χ1n) is 10.9. The topological polar surface area (TPSA) is 124 Å². The molecule has 3 aromatic carbocycles. The van der Waals surface area contributed by atoms with E-state index >= 15 is 0 Å². The molecule has 38 heavy (non-hydrogen) atoms. The number of carbonyl (C=O) groups is 2. The molecule has 0 fully saturated rings. The second-order valence-electron chi connectivity index (χ2n) is 7.81. The maximum Gasteiger partial charge on any atom is 0.490 e. The summed E-state index contributed by atoms with van der Waals surface area (Å²) in [6.45, 7) is 4.67. The van der Waals surface area contributed by atoms with Crippen LogP contribution in [0.1, 0.15) is 28.4 Å². The van der Waals surface area contributed by atoms with Crippen molar-refractivity contribution < 1.29 is 41.4 Å². The smallest absolute Gasteiger partial charge is 0.478 e. The number of hydrogen-bond acceptors (Lipinski definition) is 5. The van der Waals surface area contributed by atoms with Crippen LogP contribution in [0.2, 0.25) is 5.02 Å². The highest BCUT2D eigenvalue weighted by Gasteiger charge is 2.38. The van der Waals surface area contributed by atoms with E-state index in [4.69, 9.17) is 21.5 Å². The summed E-state index contributed by atoms with van der Waals surface area (Å²) < 4.78 is 59.9. The first-order chi connectivity index (χ1) is 17.7. The van der Waals surface area contributed by atoms with E-state index in [1.165, 1.54) is 12.1 Å². The number of carboxylic acids is 2. The zero-order valence-corrected chi connectivity index (χ0v) is 21.7. The molecule has 0 amide bonds. The van der Waals surface area contributed by atoms with Crippen molar-refractivity contribution in [3.63, 3.8) is 0 Å². The molecule has 3 rings (SSSR count). The van der Waals surface area contributed by atoms with Gasteiger partial charge in [0.2, 0.25) is 0 Å². The molecule has 0 aliphatic rings. The van der Waals surface area contributed by atoms with Crippen molar-refractivity contribution in [1.82, 2.24) is 0 Å². The van der Waals surface area contributed by atoms with Gasteiger partial charge in [0.15, 0.2) is 0 Å². The average Bonchev–Trinajstić information content (AvgIpc) is 2.84. The third-order valence-corrected chi connectivity index (χ3v) is 7.10. The fourth-order valence-corrected chi connectivity index (χ4v) is 4.86. The molecule has 204 valence electrons. The number of aliphatic carboxylic acids is 1. The lowest BCUT2D eigenvalue weighted by molar-refractivity contribution is -0.192. The van der Waals surface area contributed by atoms with E-state index < -0.39 is 28.1 Å². The van der Waals surface area contributed by atoms with Crippen LogP contribution in [-0.2, 0) is 21.4 Å². The third-order valence-electron chi connectivity index (χ3n) is 5.17. The van der Waals surface area contributed by atoms with E-state index in [1.54, 1.807) is 31.2 Å². The van der Waals surface area contributed by atoms with Crippen molar-refractivity contribution >= 4 is 44.9 Å². The van der Waals surface area contributed by atoms with Gasteiger partial charge in [-0.05, 0) is 55.3 Å². The van der Waals surface area contributed by atoms with Gasteiger partial charge in [-0.15, -0.1) is 0 Å². The fraction of sp³-hybridized carbons (Fsp3) is 0.200. The third kappa shape index (κ3) is 8.12. The lowest BCUT2D eigenvalue weighted by Crippen LogP contribution is -2.24. The van der Waals surface area contributed by atoms with Crippen molar-refractivity contribution in [1.29, 1.82) is 0 Å². The summed E-state index contributed by atoms with van der Waals surface area (Å²) in [7, 11) is -3.94. The van der Waals surface area contributed by atoms with Crippen molar-refractivity contribution in [2.24, 2.45) is 0 Å². The Kier molecular flexibility index (Phi) is 10.1. The molecule has 13 heteroatoms. The Labute approximate surface area is 222 Å². The highest BCUT2D eigenvalue weighted by molar-refractivity contribution is 7.92. The zero-order valence-electron chi connectivity index (χ0n) is 20.2. The van der Waals surface area contributed by atoms with Crippen LogP contribution in [0.3, 0.4) is 0 Å². The van der Waals surface area contributed by atoms with Gasteiger partial charge in [0.05, 0.1) is 16.1 Å². The SMILES string of the molecule is CCN(Cc1ccccc1)c1ccc(NS(=O)(=O)c2cccc(Cl)c2C)cc1C(=O)O.O=C(O)C(F)(F)F. The molecule has 3 aromatic rings. The second-order valence-corrected chi connectivity index (χ2v) is 9.87. The number of nitrogens with one attached hydrogen (secondary N) is 1. The standard InChI is InChI=1S/C23H23ClN2O4S.C2HF3O2/c1-3-26(15-17-8-5-4-6-9-17)21-13-12-18(14-19(21)23(27)28)25-31(29,30)22-11-7-10-20(24)16(22)2;3-2(4,5)1(6)7/h4-14,25H,3,15H2,1-2H3,(H,27,28);(H,6,7). The van der Waals surface area contributed by atoms with Crippen LogP contribution in [0.15, 0.2) is 71.6 Å². The Hall–Kier alpha value is -3.77. The summed E-state index contributed by atoms with van der Waals surface area (Å²) in [5.74, 6) is -3.89. The maximum atomic E-state index is 12.8. The lowest BCUT2D eigenvalue weighted by Gasteiger charge is -2.25. The minimum absolute atomic E-state index is 0.0146. The number of aromatic carboxylic acids is 1. The highest BCUT2D eigenvalue weighted by Crippen LogP contribution is 2.29. The summed E-state index contributed by atoms with van der Waals surface area (Å²) in [5.41, 5.74) is 2.16. The van der Waals surface area contributed by atoms with Gasteiger partial charge in [0.1, 0.15) is 0 Å². The van der Waals surface area contributed by atoms with Gasteiger partial charge in [-0.25, -0.2) is 18.0 Å². The number of anilines is 2. The number of halogens is 4. The molecule has 0 unspecified atom stereocenters. The Bertz CT molecular complexity index is 1400. The molecule has 0 aromatic heterocycles. The minimum atomic E-state index is -5.08. The van der Waals surface area contributed by atoms with Gasteiger partial charge >= 0.3 is 18.1 Å². The van der Waals surface area contributed by atoms with Crippen LogP contribution in [0.5, 0.6) is 0 Å². The summed E-state index contributed by atoms with van der Waals surface area (Å²) in [5, 5.41) is 17.2. The van der Waals surface area contributed by atoms with Gasteiger partial charge in [0, 0.05) is 23.8 Å². The lowest BCUT2D eigenvalue weighted by atomic mass is 10.1. The van der Waals surface area contributed by atoms with Crippen LogP contribution < -0.4 is 9.62 Å². The molecular formula is C25H24ClF3N2O6S. The predicted octanol–water partition coefficient (Wildman–Crippen LogP) is 5.81. The molecule has 3 N–H and O–H groups in total. The zero-order chi connectivity index (χ0) is 28.7. The van der Waals surface area contributed by atoms with Crippen LogP contribution in [0.25, 0.3) is 0 Å². The van der Waals surface area contributed by atoms with Gasteiger partial charge in [-0.3, -0.25) is 4.72 Å². The Morgan fingerprint density at radius 1 is 1.00 bits per heavy atom. The predicted molar refractivity (Wildman–Crippen MR) is 137 cm³/mol. The molecule has 0 aliphatic carbocycles. The number of alkyl halides is 3. The molecule has 0 atom stereocenters. The first-order valence-corrected chi connectivity index (χ1v) is 12.8. The van der Waals surface area contributed by atoms with Crippen LogP contribution >= 0.6 is 11.6 Å². The van der Waals surface area contributed by atoms with Gasteiger partial charge in [0.25, 0.3) is 10.0 Å². The summed E-state index contributed by atoms with van der Waals surface area (Å²) in [4.78, 5) is 22.8. The molecule has 0 saturated heterocycles. The van der Waals surface area contributed by atoms with Crippen molar-refractivity contribution in [2.75, 3.05) is 16.2 Å². The first kappa shape index (κ1) is 30.5. The van der Waals surface area contributed by atoms with Crippen LogP contribution in [-0.4, -0.2) is 43.3 Å². The van der Waals surface area contributed by atoms with Gasteiger partial charge < -0.3 is 15.1 Å². The van der Waals surface area contributed by atoms with Crippen LogP contribution in [0.4, 0.5) is 24.5 Å². The molecule has 0 bridgehead atoms. The molecule has 0 saturated carbocycles. The quantitative estimate of drug-likeness (QED) is 0.311. The van der Waals surface area contributed by atoms with E-state index in [0.29, 0.717) is 29.4 Å². The molecule has 0 spiro atoms. The Morgan fingerprint density at radius 3 is 2.13 bits per heavy atom. The van der Waals surface area contributed by atoms with Gasteiger partial charge in [-0.1, -0.05) is 48.0 Å². The normalized spacial score (nSPS) is 11.2. The van der Waals surface area contributed by atoms with Crippen molar-refractivity contribution in [3.8, 4) is 0 Å². The Balaban J connectivity index is 0.000000638. The molecule has 8 nitrogen and oxygen atoms in total. The van der Waals surface area contributed by atoms with Gasteiger partial charge in [-0.2, -0.15) is 13.2 Å². The number of benzene rings is 3. The average molecular weight is 573 g/mol. The van der Waals surface area contributed by atoms with E-state index in [1.807, 2.05) is 42.2 Å². The Morgan fingerprint density at radius 2 is 1.61 bits per heavy atom. The maximum absolute atomic E-state index is 12.8. The van der Waals surface area contributed by atoms with E-state index in [-0.39, 0.29) is 16.1 Å². The minimum Gasteiger partial charge on any atom is -0.478 e. The summed E-state index contributed by atoms with van der Waals surface area (Å²) >= 11 is 6.05. The van der Waals surface area contributed by atoms with E-state index in [2.05, 4.69) is 4.72 Å². The molecule has 0 radical (unpaired) electrons. The largest absolute Gasteiger partial charge is 0.490 e. The number of hydrogen-bond donors (Lipinski definition) is 3. The highest BCUT2D eigenvalue weighted by atomic mass is 35.5. The molecular weight excluding hydrogens is 549 g/mol. The van der Waals surface area contributed by atoms with Crippen molar-refractivity contribution in [3.05, 3.63) is 88.4 Å². The molecule has 0 aliphatic heterocycles. The summed E-state index contributed by atoms with van der Waals surface area (Å²) in [6, 6.07) is 18.9. The van der Waals surface area contributed by atoms with E-state index in [9.17, 15) is 31.5 Å². The number of rotatable bonds is 8. The van der Waals surface area contributed by atoms with E-state index in [0.717, 1.165) is 5.56 Å². The van der Waals surface area contributed by atoms with Crippen molar-refractivity contribution in [2.45, 2.75) is 31.5 Å². The number of sulfonamides is 1. The molecule has 0 heterocycles. The number of nitrogens with zero attached hydrogens (tertiary/aromatic N) is 1. The van der Waals surface area contributed by atoms with Crippen LogP contribution in [0, 0.1) is 6.92 Å².